The molecule has 0 aromatic rings. The van der Waals surface area contributed by atoms with Crippen molar-refractivity contribution < 1.29 is 0 Å². The van der Waals surface area contributed by atoms with Gasteiger partial charge in [-0.1, -0.05) is 0 Å². The van der Waals surface area contributed by atoms with E-state index < -0.39 is 0 Å². The van der Waals surface area contributed by atoms with Crippen LogP contribution in [0.25, 0.3) is 0 Å². The lowest BCUT2D eigenvalue weighted by atomic mass is 10.1. The average Bonchev–Trinajstić information content (AvgIpc) is 1.99. The first-order valence-corrected chi connectivity index (χ1v) is 2.62. The standard InChI is InChI=1S/C5H12N2/c1-5(2,3)7-4-6-7/h6H,4H2,1-3H3. The highest BCUT2D eigenvalue weighted by molar-refractivity contribution is 4.78. The van der Waals surface area contributed by atoms with E-state index in [-0.39, 0.29) is 0 Å². The summed E-state index contributed by atoms with van der Waals surface area (Å²) in [5.74, 6) is 0. The van der Waals surface area contributed by atoms with Crippen LogP contribution in [0.1, 0.15) is 20.8 Å². The highest BCUT2D eigenvalue weighted by Crippen LogP contribution is 2.14. The van der Waals surface area contributed by atoms with Crippen LogP contribution in [-0.4, -0.2) is 17.2 Å². The molecule has 1 saturated heterocycles. The zero-order valence-electron chi connectivity index (χ0n) is 5.15. The Morgan fingerprint density at radius 1 is 1.43 bits per heavy atom. The Morgan fingerprint density at radius 2 is 1.86 bits per heavy atom. The van der Waals surface area contributed by atoms with E-state index in [1.165, 1.54) is 0 Å². The molecule has 0 radical (unpaired) electrons. The molecule has 2 heteroatoms. The maximum atomic E-state index is 3.11. The van der Waals surface area contributed by atoms with Crippen LogP contribution in [0.2, 0.25) is 0 Å². The number of nitrogens with one attached hydrogen (secondary N) is 1. The molecule has 0 aromatic heterocycles. The van der Waals surface area contributed by atoms with Crippen LogP contribution in [0.5, 0.6) is 0 Å². The lowest BCUT2D eigenvalue weighted by Crippen LogP contribution is -2.27. The molecule has 42 valence electrons. The van der Waals surface area contributed by atoms with E-state index in [0.717, 1.165) is 6.67 Å². The molecule has 1 aliphatic rings. The minimum Gasteiger partial charge on any atom is -0.238 e. The number of hydrogen-bond donors (Lipinski definition) is 1. The van der Waals surface area contributed by atoms with E-state index in [0.29, 0.717) is 5.54 Å². The van der Waals surface area contributed by atoms with Crippen LogP contribution in [0, 0.1) is 0 Å². The predicted octanol–water partition coefficient (Wildman–Crippen LogP) is 0.563. The summed E-state index contributed by atoms with van der Waals surface area (Å²) < 4.78 is 0. The molecular formula is C5H12N2. The molecule has 7 heavy (non-hydrogen) atoms. The number of rotatable bonds is 0. The quantitative estimate of drug-likeness (QED) is 0.450. The third-order valence-electron chi connectivity index (χ3n) is 1.13. The van der Waals surface area contributed by atoms with Crippen molar-refractivity contribution in [2.24, 2.45) is 0 Å². The molecule has 2 nitrogen and oxygen atoms in total. The Kier molecular flexibility index (Phi) is 0.869. The molecule has 1 N–H and O–H groups in total. The fourth-order valence-electron chi connectivity index (χ4n) is 0.510. The van der Waals surface area contributed by atoms with Crippen LogP contribution < -0.4 is 5.43 Å². The van der Waals surface area contributed by atoms with E-state index in [9.17, 15) is 0 Å². The van der Waals surface area contributed by atoms with E-state index in [4.69, 9.17) is 0 Å². The molecule has 0 aliphatic carbocycles. The van der Waals surface area contributed by atoms with E-state index in [1.807, 2.05) is 0 Å². The van der Waals surface area contributed by atoms with Gasteiger partial charge in [-0.2, -0.15) is 0 Å². The summed E-state index contributed by atoms with van der Waals surface area (Å²) in [6.45, 7) is 7.62. The monoisotopic (exact) mass is 100 g/mol. The highest BCUT2D eigenvalue weighted by atomic mass is 15.7. The van der Waals surface area contributed by atoms with Crippen LogP contribution in [0.4, 0.5) is 0 Å². The average molecular weight is 100 g/mol. The molecule has 0 bridgehead atoms. The van der Waals surface area contributed by atoms with Gasteiger partial charge in [0.15, 0.2) is 0 Å². The van der Waals surface area contributed by atoms with E-state index >= 15 is 0 Å². The van der Waals surface area contributed by atoms with Crippen molar-refractivity contribution in [3.63, 3.8) is 0 Å². The SMILES string of the molecule is CC(C)(C)N1CN1. The normalized spacial score (nSPS) is 30.4. The summed E-state index contributed by atoms with van der Waals surface area (Å²) in [6.07, 6.45) is 0. The van der Waals surface area contributed by atoms with Crippen molar-refractivity contribution in [3.05, 3.63) is 0 Å². The van der Waals surface area contributed by atoms with Gasteiger partial charge in [0.05, 0.1) is 6.67 Å². The first kappa shape index (κ1) is 5.06. The summed E-state index contributed by atoms with van der Waals surface area (Å²) in [7, 11) is 0. The second-order valence-corrected chi connectivity index (χ2v) is 2.92. The molecule has 1 rings (SSSR count). The Balaban J connectivity index is 2.36. The van der Waals surface area contributed by atoms with Gasteiger partial charge < -0.3 is 0 Å². The second kappa shape index (κ2) is 1.20. The van der Waals surface area contributed by atoms with Crippen molar-refractivity contribution in [2.75, 3.05) is 6.67 Å². The molecule has 1 fully saturated rings. The van der Waals surface area contributed by atoms with Crippen molar-refractivity contribution in [3.8, 4) is 0 Å². The van der Waals surface area contributed by atoms with Gasteiger partial charge in [-0.05, 0) is 20.8 Å². The lowest BCUT2D eigenvalue weighted by Gasteiger charge is -2.16. The Labute approximate surface area is 44.5 Å². The van der Waals surface area contributed by atoms with Gasteiger partial charge in [-0.15, -0.1) is 0 Å². The van der Waals surface area contributed by atoms with E-state index in [2.05, 4.69) is 31.2 Å². The molecule has 0 spiro atoms. The summed E-state index contributed by atoms with van der Waals surface area (Å²) in [5.41, 5.74) is 3.44. The first-order chi connectivity index (χ1) is 3.11. The topological polar surface area (TPSA) is 25.0 Å². The smallest absolute Gasteiger partial charge is 0.0760 e. The van der Waals surface area contributed by atoms with Gasteiger partial charge in [0.25, 0.3) is 0 Å². The number of hydrazine groups is 1. The van der Waals surface area contributed by atoms with Crippen LogP contribution in [0.15, 0.2) is 0 Å². The van der Waals surface area contributed by atoms with Gasteiger partial charge in [0, 0.05) is 5.54 Å². The Bertz CT molecular complexity index is 68.6. The third kappa shape index (κ3) is 1.14. The van der Waals surface area contributed by atoms with Crippen molar-refractivity contribution >= 4 is 0 Å². The molecule has 0 amide bonds. The van der Waals surface area contributed by atoms with Crippen molar-refractivity contribution in [2.45, 2.75) is 26.3 Å². The molecule has 1 heterocycles. The molecule has 1 aliphatic heterocycles. The van der Waals surface area contributed by atoms with Crippen LogP contribution in [-0.2, 0) is 0 Å². The maximum absolute atomic E-state index is 3.11. The number of nitrogens with zero attached hydrogens (tertiary/aromatic N) is 1. The summed E-state index contributed by atoms with van der Waals surface area (Å²) in [5, 5.41) is 2.19. The lowest BCUT2D eigenvalue weighted by molar-refractivity contribution is 0.285. The molecule has 0 aromatic carbocycles. The van der Waals surface area contributed by atoms with Gasteiger partial charge in [-0.3, -0.25) is 0 Å². The minimum atomic E-state index is 0.333. The molecule has 1 atom stereocenters. The fraction of sp³-hybridized carbons (Fsp3) is 1.00. The highest BCUT2D eigenvalue weighted by Gasteiger charge is 2.29. The molecular weight excluding hydrogens is 88.1 g/mol. The largest absolute Gasteiger partial charge is 0.238 e. The fourth-order valence-corrected chi connectivity index (χ4v) is 0.510. The Morgan fingerprint density at radius 3 is 1.86 bits per heavy atom. The van der Waals surface area contributed by atoms with E-state index in [1.54, 1.807) is 0 Å². The first-order valence-electron chi connectivity index (χ1n) is 2.62. The summed E-state index contributed by atoms with van der Waals surface area (Å²) in [6, 6.07) is 0. The number of hydrogen-bond acceptors (Lipinski definition) is 2. The zero-order chi connectivity index (χ0) is 5.49. The van der Waals surface area contributed by atoms with Crippen LogP contribution >= 0.6 is 0 Å². The predicted molar refractivity (Wildman–Crippen MR) is 29.6 cm³/mol. The maximum Gasteiger partial charge on any atom is 0.0760 e. The summed E-state index contributed by atoms with van der Waals surface area (Å²) >= 11 is 0. The second-order valence-electron chi connectivity index (χ2n) is 2.92. The minimum absolute atomic E-state index is 0.333. The third-order valence-corrected chi connectivity index (χ3v) is 1.13. The molecule has 0 saturated carbocycles. The van der Waals surface area contributed by atoms with Crippen LogP contribution in [0.3, 0.4) is 0 Å². The van der Waals surface area contributed by atoms with Gasteiger partial charge in [-0.25, -0.2) is 10.4 Å². The zero-order valence-corrected chi connectivity index (χ0v) is 5.15. The Hall–Kier alpha value is -0.0800. The van der Waals surface area contributed by atoms with Crippen molar-refractivity contribution in [1.82, 2.24) is 10.4 Å². The van der Waals surface area contributed by atoms with Gasteiger partial charge in [0.1, 0.15) is 0 Å². The summed E-state index contributed by atoms with van der Waals surface area (Å²) in [4.78, 5) is 0. The van der Waals surface area contributed by atoms with Gasteiger partial charge >= 0.3 is 0 Å². The molecule has 1 unspecified atom stereocenters. The van der Waals surface area contributed by atoms with Gasteiger partial charge in [0.2, 0.25) is 0 Å². The van der Waals surface area contributed by atoms with Crippen molar-refractivity contribution in [1.29, 1.82) is 0 Å².